The smallest absolute Gasteiger partial charge is 0.258 e. The zero-order valence-corrected chi connectivity index (χ0v) is 17.2. The summed E-state index contributed by atoms with van der Waals surface area (Å²) in [5.41, 5.74) is 6.62. The van der Waals surface area contributed by atoms with Crippen molar-refractivity contribution in [2.45, 2.75) is 12.5 Å². The molecule has 0 atom stereocenters. The molecule has 9 heteroatoms. The summed E-state index contributed by atoms with van der Waals surface area (Å²) in [5, 5.41) is 23.8. The van der Waals surface area contributed by atoms with Gasteiger partial charge < -0.3 is 34.4 Å². The molecule has 162 valence electrons. The number of aliphatic hydroxyl groups is 2. The first-order chi connectivity index (χ1) is 15.0. The topological polar surface area (TPSA) is 137 Å². The number of hydrogen-bond donors (Lipinski definition) is 3. The van der Waals surface area contributed by atoms with Crippen molar-refractivity contribution < 1.29 is 28.6 Å². The van der Waals surface area contributed by atoms with Crippen molar-refractivity contribution in [2.24, 2.45) is 5.73 Å². The fourth-order valence-corrected chi connectivity index (χ4v) is 3.17. The van der Waals surface area contributed by atoms with Crippen molar-refractivity contribution in [3.8, 4) is 34.3 Å². The van der Waals surface area contributed by atoms with Gasteiger partial charge in [-0.2, -0.15) is 4.98 Å². The van der Waals surface area contributed by atoms with Gasteiger partial charge in [0, 0.05) is 16.5 Å². The van der Waals surface area contributed by atoms with E-state index in [1.807, 2.05) is 19.1 Å². The van der Waals surface area contributed by atoms with Crippen molar-refractivity contribution in [3.63, 3.8) is 0 Å². The Kier molecular flexibility index (Phi) is 5.64. The summed E-state index contributed by atoms with van der Waals surface area (Å²) in [6.45, 7) is 1.53. The number of aromatic nitrogens is 2. The number of benzene rings is 2. The molecule has 0 aliphatic heterocycles. The summed E-state index contributed by atoms with van der Waals surface area (Å²) in [5.74, 6) is 2.24. The van der Waals surface area contributed by atoms with Crippen LogP contribution in [-0.2, 0) is 5.54 Å². The highest BCUT2D eigenvalue weighted by atomic mass is 16.5. The molecule has 2 aromatic heterocycles. The number of hydrogen-bond acceptors (Lipinski definition) is 9. The van der Waals surface area contributed by atoms with Gasteiger partial charge in [-0.3, -0.25) is 0 Å². The fourth-order valence-electron chi connectivity index (χ4n) is 3.17. The van der Waals surface area contributed by atoms with Gasteiger partial charge in [0.1, 0.15) is 16.9 Å². The number of furan rings is 1. The van der Waals surface area contributed by atoms with Crippen LogP contribution >= 0.6 is 0 Å². The Morgan fingerprint density at radius 2 is 1.81 bits per heavy atom. The molecule has 4 aromatic rings. The Balaban J connectivity index is 1.66. The van der Waals surface area contributed by atoms with Crippen LogP contribution in [0.1, 0.15) is 12.7 Å². The van der Waals surface area contributed by atoms with Crippen LogP contribution in [0.4, 0.5) is 0 Å². The predicted molar refractivity (Wildman–Crippen MR) is 113 cm³/mol. The lowest BCUT2D eigenvalue weighted by atomic mass is 10.00. The molecule has 0 saturated heterocycles. The maximum absolute atomic E-state index is 9.50. The van der Waals surface area contributed by atoms with Crippen LogP contribution in [0.25, 0.3) is 33.8 Å². The van der Waals surface area contributed by atoms with Crippen molar-refractivity contribution in [2.75, 3.05) is 26.9 Å². The molecule has 4 rings (SSSR count). The quantitative estimate of drug-likeness (QED) is 0.389. The van der Waals surface area contributed by atoms with Crippen LogP contribution < -0.4 is 15.2 Å². The molecule has 0 saturated carbocycles. The number of methoxy groups -OCH3 is 1. The first kappa shape index (κ1) is 20.9. The SMILES string of the molecule is CCOc1ccc(-c2nc(-c3ccc4oc(C(N)(CO)CO)cc4c3)no2)cc1OC. The third-order valence-electron chi connectivity index (χ3n) is 4.97. The lowest BCUT2D eigenvalue weighted by Crippen LogP contribution is -2.43. The van der Waals surface area contributed by atoms with Gasteiger partial charge in [0.05, 0.1) is 26.9 Å². The Morgan fingerprint density at radius 1 is 1.03 bits per heavy atom. The normalized spacial score (nSPS) is 11.8. The van der Waals surface area contributed by atoms with Gasteiger partial charge in [-0.1, -0.05) is 5.16 Å². The molecule has 0 unspecified atom stereocenters. The highest BCUT2D eigenvalue weighted by Crippen LogP contribution is 2.33. The van der Waals surface area contributed by atoms with Crippen molar-refractivity contribution in [1.29, 1.82) is 0 Å². The summed E-state index contributed by atoms with van der Waals surface area (Å²) in [4.78, 5) is 4.49. The van der Waals surface area contributed by atoms with Gasteiger partial charge in [0.2, 0.25) is 5.82 Å². The molecular formula is C22H23N3O6. The van der Waals surface area contributed by atoms with Gasteiger partial charge in [-0.15, -0.1) is 0 Å². The van der Waals surface area contributed by atoms with Crippen molar-refractivity contribution in [3.05, 3.63) is 48.2 Å². The third kappa shape index (κ3) is 3.86. The van der Waals surface area contributed by atoms with Crippen LogP contribution in [0.5, 0.6) is 11.5 Å². The maximum atomic E-state index is 9.50. The van der Waals surface area contributed by atoms with Gasteiger partial charge >= 0.3 is 0 Å². The second-order valence-corrected chi connectivity index (χ2v) is 7.06. The number of fused-ring (bicyclic) bond motifs is 1. The highest BCUT2D eigenvalue weighted by Gasteiger charge is 2.30. The number of nitrogens with zero attached hydrogens (tertiary/aromatic N) is 2. The van der Waals surface area contributed by atoms with E-state index in [4.69, 9.17) is 24.1 Å². The number of ether oxygens (including phenoxy) is 2. The molecule has 0 radical (unpaired) electrons. The van der Waals surface area contributed by atoms with E-state index < -0.39 is 18.8 Å². The average molecular weight is 425 g/mol. The van der Waals surface area contributed by atoms with E-state index in [9.17, 15) is 10.2 Å². The minimum atomic E-state index is -1.36. The monoisotopic (exact) mass is 425 g/mol. The summed E-state index contributed by atoms with van der Waals surface area (Å²) < 4.78 is 22.1. The third-order valence-corrected chi connectivity index (χ3v) is 4.97. The fraction of sp³-hybridized carbons (Fsp3) is 0.273. The maximum Gasteiger partial charge on any atom is 0.258 e. The van der Waals surface area contributed by atoms with E-state index in [0.717, 1.165) is 5.39 Å². The summed E-state index contributed by atoms with van der Waals surface area (Å²) in [7, 11) is 1.57. The molecule has 0 aliphatic rings. The first-order valence-corrected chi connectivity index (χ1v) is 9.71. The Labute approximate surface area is 178 Å². The number of nitrogens with two attached hydrogens (primary N) is 1. The minimum absolute atomic E-state index is 0.292. The van der Waals surface area contributed by atoms with E-state index in [1.54, 1.807) is 37.4 Å². The molecule has 2 aromatic carbocycles. The standard InChI is InChI=1S/C22H23N3O6/c1-3-29-17-7-5-14(9-18(17)28-2)21-24-20(25-31-21)13-4-6-16-15(8-13)10-19(30-16)22(23,11-26)12-27/h4-10,26-27H,3,11-12,23H2,1-2H3. The Bertz CT molecular complexity index is 1200. The molecular weight excluding hydrogens is 402 g/mol. The number of aliphatic hydroxyl groups excluding tert-OH is 2. The Morgan fingerprint density at radius 3 is 2.52 bits per heavy atom. The van der Waals surface area contributed by atoms with Crippen LogP contribution in [0.2, 0.25) is 0 Å². The van der Waals surface area contributed by atoms with Crippen LogP contribution in [-0.4, -0.2) is 47.3 Å². The second kappa shape index (κ2) is 8.38. The molecule has 0 amide bonds. The zero-order valence-electron chi connectivity index (χ0n) is 17.2. The summed E-state index contributed by atoms with van der Waals surface area (Å²) >= 11 is 0. The predicted octanol–water partition coefficient (Wildman–Crippen LogP) is 2.70. The van der Waals surface area contributed by atoms with Crippen LogP contribution in [0.3, 0.4) is 0 Å². The molecule has 0 aliphatic carbocycles. The molecule has 0 bridgehead atoms. The Hall–Kier alpha value is -3.40. The largest absolute Gasteiger partial charge is 0.493 e. The molecule has 2 heterocycles. The zero-order chi connectivity index (χ0) is 22.0. The first-order valence-electron chi connectivity index (χ1n) is 9.71. The van der Waals surface area contributed by atoms with Crippen LogP contribution in [0, 0.1) is 0 Å². The molecule has 0 fully saturated rings. The van der Waals surface area contributed by atoms with Crippen LogP contribution in [0.15, 0.2) is 51.4 Å². The van der Waals surface area contributed by atoms with E-state index in [2.05, 4.69) is 10.1 Å². The van der Waals surface area contributed by atoms with E-state index in [1.165, 1.54) is 0 Å². The van der Waals surface area contributed by atoms with Crippen molar-refractivity contribution in [1.82, 2.24) is 10.1 Å². The van der Waals surface area contributed by atoms with Gasteiger partial charge in [0.25, 0.3) is 5.89 Å². The lowest BCUT2D eigenvalue weighted by Gasteiger charge is -2.21. The molecule has 0 spiro atoms. The van der Waals surface area contributed by atoms with Gasteiger partial charge in [-0.25, -0.2) is 0 Å². The van der Waals surface area contributed by atoms with E-state index in [-0.39, 0.29) is 0 Å². The highest BCUT2D eigenvalue weighted by molar-refractivity contribution is 5.83. The van der Waals surface area contributed by atoms with Gasteiger partial charge in [0.15, 0.2) is 11.5 Å². The molecule has 4 N–H and O–H groups in total. The second-order valence-electron chi connectivity index (χ2n) is 7.06. The molecule has 31 heavy (non-hydrogen) atoms. The minimum Gasteiger partial charge on any atom is -0.493 e. The average Bonchev–Trinajstić information content (AvgIpc) is 3.46. The molecule has 9 nitrogen and oxygen atoms in total. The lowest BCUT2D eigenvalue weighted by molar-refractivity contribution is 0.105. The number of rotatable bonds is 8. The van der Waals surface area contributed by atoms with E-state index >= 15 is 0 Å². The van der Waals surface area contributed by atoms with E-state index in [0.29, 0.717) is 52.3 Å². The summed E-state index contributed by atoms with van der Waals surface area (Å²) in [6.07, 6.45) is 0. The van der Waals surface area contributed by atoms with Crippen molar-refractivity contribution >= 4 is 11.0 Å². The summed E-state index contributed by atoms with van der Waals surface area (Å²) in [6, 6.07) is 12.4. The van der Waals surface area contributed by atoms with Gasteiger partial charge in [-0.05, 0) is 49.4 Å².